The van der Waals surface area contributed by atoms with Gasteiger partial charge in [0.1, 0.15) is 5.75 Å². The van der Waals surface area contributed by atoms with Crippen LogP contribution in [0, 0.1) is 5.92 Å². The summed E-state index contributed by atoms with van der Waals surface area (Å²) in [6.07, 6.45) is 17.2. The van der Waals surface area contributed by atoms with Crippen molar-refractivity contribution in [1.82, 2.24) is 4.90 Å². The van der Waals surface area contributed by atoms with Gasteiger partial charge in [-0.1, -0.05) is 62.4 Å². The van der Waals surface area contributed by atoms with Gasteiger partial charge in [0.05, 0.1) is 6.61 Å². The van der Waals surface area contributed by atoms with Crippen LogP contribution in [0.2, 0.25) is 0 Å². The molecule has 1 aromatic rings. The maximum atomic E-state index is 13.8. The lowest BCUT2D eigenvalue weighted by Gasteiger charge is -2.39. The largest absolute Gasteiger partial charge is 0.492 e. The molecular weight excluding hydrogens is 488 g/mol. The van der Waals surface area contributed by atoms with Gasteiger partial charge in [0.25, 0.3) is 0 Å². The Bertz CT molecular complexity index is 1090. The number of piperidine rings is 1. The summed E-state index contributed by atoms with van der Waals surface area (Å²) in [5.41, 5.74) is 12.3. The van der Waals surface area contributed by atoms with Crippen molar-refractivity contribution in [2.45, 2.75) is 65.8 Å². The average Bonchev–Trinajstić information content (AvgIpc) is 3.26. The molecule has 2 N–H and O–H groups in total. The van der Waals surface area contributed by atoms with E-state index >= 15 is 0 Å². The standard InChI is InChI=1S/C31H42N2O2.C2H6S/c1-7-10-26(17-22(4)5)25(9-3)19-27(23(6)8-2)30(34)33-15-13-31(14-16-33)21-35-29-12-11-24(20-32)18-28(29)31;1-3-2/h7,9-12,17-19,23H,4,8,13-16,20-21,32H2,1-3,5-6H3;1-2H3/b10-7-,25-9+,26-17+,27-19+;. The zero-order chi connectivity index (χ0) is 28.3. The molecule has 1 spiro atoms. The van der Waals surface area contributed by atoms with Crippen molar-refractivity contribution in [1.29, 1.82) is 0 Å². The first-order valence-corrected chi connectivity index (χ1v) is 15.4. The van der Waals surface area contributed by atoms with Gasteiger partial charge in [-0.3, -0.25) is 4.79 Å². The normalized spacial score (nSPS) is 18.1. The van der Waals surface area contributed by atoms with E-state index in [0.29, 0.717) is 13.2 Å². The van der Waals surface area contributed by atoms with Gasteiger partial charge in [-0.2, -0.15) is 11.8 Å². The highest BCUT2D eigenvalue weighted by atomic mass is 32.2. The van der Waals surface area contributed by atoms with Gasteiger partial charge in [0.15, 0.2) is 0 Å². The van der Waals surface area contributed by atoms with Gasteiger partial charge >= 0.3 is 0 Å². The molecule has 38 heavy (non-hydrogen) atoms. The van der Waals surface area contributed by atoms with E-state index in [4.69, 9.17) is 10.5 Å². The number of carbonyl (C=O) groups is 1. The van der Waals surface area contributed by atoms with Gasteiger partial charge in [0, 0.05) is 36.2 Å². The van der Waals surface area contributed by atoms with Crippen LogP contribution in [0.3, 0.4) is 0 Å². The van der Waals surface area contributed by atoms with E-state index in [-0.39, 0.29) is 17.2 Å². The molecule has 1 atom stereocenters. The number of amides is 1. The van der Waals surface area contributed by atoms with Crippen molar-refractivity contribution >= 4 is 17.7 Å². The number of nitrogens with zero attached hydrogens (tertiary/aromatic N) is 1. The summed E-state index contributed by atoms with van der Waals surface area (Å²) in [4.78, 5) is 15.9. The Labute approximate surface area is 235 Å². The second kappa shape index (κ2) is 15.2. The molecule has 0 saturated carbocycles. The molecule has 2 aliphatic rings. The van der Waals surface area contributed by atoms with Crippen LogP contribution in [0.25, 0.3) is 0 Å². The summed E-state index contributed by atoms with van der Waals surface area (Å²) in [6.45, 7) is 17.0. The fourth-order valence-electron chi connectivity index (χ4n) is 5.08. The Morgan fingerprint density at radius 2 is 1.87 bits per heavy atom. The van der Waals surface area contributed by atoms with Gasteiger partial charge in [-0.05, 0) is 87.3 Å². The lowest BCUT2D eigenvalue weighted by Crippen LogP contribution is -2.46. The first kappa shape index (κ1) is 31.7. The maximum Gasteiger partial charge on any atom is 0.250 e. The fraction of sp³-hybridized carbons (Fsp3) is 0.485. The third-order valence-electron chi connectivity index (χ3n) is 7.46. The summed E-state index contributed by atoms with van der Waals surface area (Å²) < 4.78 is 6.06. The van der Waals surface area contributed by atoms with Crippen molar-refractivity contribution in [3.05, 3.63) is 88.6 Å². The van der Waals surface area contributed by atoms with Crippen LogP contribution < -0.4 is 10.5 Å². The molecule has 2 heterocycles. The third kappa shape index (κ3) is 7.77. The number of likely N-dealkylation sites (tertiary alicyclic amines) is 1. The minimum atomic E-state index is -0.0185. The first-order valence-electron chi connectivity index (χ1n) is 13.7. The molecule has 1 amide bonds. The van der Waals surface area contributed by atoms with E-state index in [0.717, 1.165) is 66.0 Å². The molecule has 208 valence electrons. The monoisotopic (exact) mass is 536 g/mol. The van der Waals surface area contributed by atoms with Crippen molar-refractivity contribution in [3.63, 3.8) is 0 Å². The number of ether oxygens (including phenoxy) is 1. The van der Waals surface area contributed by atoms with Crippen LogP contribution in [-0.4, -0.2) is 43.0 Å². The number of thioether (sulfide) groups is 1. The number of benzene rings is 1. The Balaban J connectivity index is 0.00000161. The molecule has 3 rings (SSSR count). The van der Waals surface area contributed by atoms with Gasteiger partial charge in [-0.25, -0.2) is 0 Å². The zero-order valence-corrected chi connectivity index (χ0v) is 25.4. The maximum absolute atomic E-state index is 13.8. The molecule has 1 saturated heterocycles. The molecule has 1 unspecified atom stereocenters. The van der Waals surface area contributed by atoms with Crippen LogP contribution in [-0.2, 0) is 16.8 Å². The summed E-state index contributed by atoms with van der Waals surface area (Å²) in [5.74, 6) is 1.30. The van der Waals surface area contributed by atoms with Crippen LogP contribution in [0.5, 0.6) is 5.75 Å². The highest BCUT2D eigenvalue weighted by Gasteiger charge is 2.44. The molecule has 2 aliphatic heterocycles. The van der Waals surface area contributed by atoms with Gasteiger partial charge < -0.3 is 15.4 Å². The van der Waals surface area contributed by atoms with Gasteiger partial charge in [0.2, 0.25) is 5.91 Å². The van der Waals surface area contributed by atoms with E-state index in [1.54, 1.807) is 11.8 Å². The molecule has 4 nitrogen and oxygen atoms in total. The van der Waals surface area contributed by atoms with Crippen molar-refractivity contribution in [2.75, 3.05) is 32.2 Å². The topological polar surface area (TPSA) is 55.6 Å². The fourth-order valence-corrected chi connectivity index (χ4v) is 5.08. The Hall–Kier alpha value is -2.50. The Morgan fingerprint density at radius 1 is 1.21 bits per heavy atom. The van der Waals surface area contributed by atoms with E-state index in [1.807, 2.05) is 56.4 Å². The quantitative estimate of drug-likeness (QED) is 0.278. The van der Waals surface area contributed by atoms with Crippen LogP contribution >= 0.6 is 11.8 Å². The molecule has 0 aliphatic carbocycles. The lowest BCUT2D eigenvalue weighted by atomic mass is 9.74. The number of nitrogens with two attached hydrogens (primary N) is 1. The third-order valence-corrected chi connectivity index (χ3v) is 7.46. The van der Waals surface area contributed by atoms with E-state index in [1.165, 1.54) is 5.56 Å². The summed E-state index contributed by atoms with van der Waals surface area (Å²) in [5, 5.41) is 0. The lowest BCUT2D eigenvalue weighted by molar-refractivity contribution is -0.129. The number of hydrogen-bond donors (Lipinski definition) is 1. The highest BCUT2D eigenvalue weighted by Crippen LogP contribution is 2.46. The molecule has 0 radical (unpaired) electrons. The van der Waals surface area contributed by atoms with E-state index in [2.05, 4.69) is 50.8 Å². The van der Waals surface area contributed by atoms with Gasteiger partial charge in [-0.15, -0.1) is 0 Å². The number of hydrogen-bond acceptors (Lipinski definition) is 4. The minimum absolute atomic E-state index is 0.0185. The van der Waals surface area contributed by atoms with Crippen LogP contribution in [0.1, 0.15) is 65.0 Å². The van der Waals surface area contributed by atoms with E-state index < -0.39 is 0 Å². The smallest absolute Gasteiger partial charge is 0.250 e. The SMILES string of the molecule is C=C(C)/C=C(\C=C/C)C(=C/C)/C=C(/C(=O)N1CCC2(CC1)COc1ccc(CN)cc12)C(C)CC.CSC. The Kier molecular flexibility index (Phi) is 12.7. The molecule has 1 aromatic carbocycles. The second-order valence-electron chi connectivity index (χ2n) is 10.4. The summed E-state index contributed by atoms with van der Waals surface area (Å²) in [7, 11) is 0. The number of allylic oxidation sites excluding steroid dienone is 8. The van der Waals surface area contributed by atoms with E-state index in [9.17, 15) is 4.79 Å². The van der Waals surface area contributed by atoms with Crippen LogP contribution in [0.4, 0.5) is 0 Å². The zero-order valence-electron chi connectivity index (χ0n) is 24.6. The number of rotatable bonds is 8. The van der Waals surface area contributed by atoms with Crippen molar-refractivity contribution in [3.8, 4) is 5.75 Å². The second-order valence-corrected chi connectivity index (χ2v) is 11.2. The predicted octanol–water partition coefficient (Wildman–Crippen LogP) is 7.37. The molecule has 0 bridgehead atoms. The Morgan fingerprint density at radius 3 is 2.39 bits per heavy atom. The molecular formula is C33H48N2O2S. The molecule has 0 aromatic heterocycles. The summed E-state index contributed by atoms with van der Waals surface area (Å²) >= 11 is 1.75. The minimum Gasteiger partial charge on any atom is -0.492 e. The number of carbonyl (C=O) groups excluding carboxylic acids is 1. The van der Waals surface area contributed by atoms with Crippen molar-refractivity contribution < 1.29 is 9.53 Å². The first-order chi connectivity index (χ1) is 18.2. The predicted molar refractivity (Wildman–Crippen MR) is 166 cm³/mol. The van der Waals surface area contributed by atoms with Crippen LogP contribution in [0.15, 0.2) is 77.5 Å². The van der Waals surface area contributed by atoms with Crippen molar-refractivity contribution in [2.24, 2.45) is 11.7 Å². The molecule has 5 heteroatoms. The highest BCUT2D eigenvalue weighted by molar-refractivity contribution is 7.97. The average molecular weight is 537 g/mol. The summed E-state index contributed by atoms with van der Waals surface area (Å²) in [6, 6.07) is 6.30. The number of fused-ring (bicyclic) bond motifs is 2. The molecule has 1 fully saturated rings.